The number of hydrogen-bond acceptors (Lipinski definition) is 6. The summed E-state index contributed by atoms with van der Waals surface area (Å²) >= 11 is 0. The highest BCUT2D eigenvalue weighted by Crippen LogP contribution is 2.27. The molecule has 1 saturated heterocycles. The lowest BCUT2D eigenvalue weighted by Crippen LogP contribution is -2.48. The van der Waals surface area contributed by atoms with Crippen LogP contribution in [0.25, 0.3) is 11.3 Å². The van der Waals surface area contributed by atoms with Crippen molar-refractivity contribution in [2.75, 3.05) is 36.1 Å². The number of hydrogen-bond donors (Lipinski definition) is 3. The number of piperidine rings is 1. The summed E-state index contributed by atoms with van der Waals surface area (Å²) in [7, 11) is 1.74. The maximum Gasteiger partial charge on any atom is 0.251 e. The number of carbonyl (C=O) groups is 1. The molecule has 7 nitrogen and oxygen atoms in total. The van der Waals surface area contributed by atoms with Gasteiger partial charge in [-0.05, 0) is 37.1 Å². The number of halogens is 1. The third-order valence-electron chi connectivity index (χ3n) is 5.35. The zero-order chi connectivity index (χ0) is 21.8. The molecule has 1 aromatic heterocycles. The van der Waals surface area contributed by atoms with Crippen molar-refractivity contribution in [2.45, 2.75) is 18.9 Å². The number of amides is 1. The van der Waals surface area contributed by atoms with Crippen LogP contribution in [0.3, 0.4) is 0 Å². The van der Waals surface area contributed by atoms with Gasteiger partial charge < -0.3 is 21.3 Å². The summed E-state index contributed by atoms with van der Waals surface area (Å²) in [5, 5.41) is 6.09. The Balaban J connectivity index is 1.55. The Labute approximate surface area is 180 Å². The van der Waals surface area contributed by atoms with Gasteiger partial charge in [0.15, 0.2) is 0 Å². The van der Waals surface area contributed by atoms with Crippen molar-refractivity contribution in [3.8, 4) is 11.3 Å². The van der Waals surface area contributed by atoms with Gasteiger partial charge in [0.1, 0.15) is 11.6 Å². The maximum absolute atomic E-state index is 14.0. The zero-order valence-corrected chi connectivity index (χ0v) is 17.3. The summed E-state index contributed by atoms with van der Waals surface area (Å²) in [6, 6.07) is 15.7. The minimum atomic E-state index is -0.481. The fraction of sp³-hybridized carbons (Fsp3) is 0.261. The average Bonchev–Trinajstić information content (AvgIpc) is 2.81. The molecule has 8 heteroatoms. The van der Waals surface area contributed by atoms with Crippen LogP contribution in [0.4, 0.5) is 21.8 Å². The van der Waals surface area contributed by atoms with E-state index in [0.717, 1.165) is 25.2 Å². The Morgan fingerprint density at radius 2 is 1.97 bits per heavy atom. The second kappa shape index (κ2) is 8.99. The highest BCUT2D eigenvalue weighted by Gasteiger charge is 2.24. The Kier molecular flexibility index (Phi) is 5.97. The molecule has 0 saturated carbocycles. The van der Waals surface area contributed by atoms with Crippen molar-refractivity contribution in [1.82, 2.24) is 15.3 Å². The van der Waals surface area contributed by atoms with Crippen LogP contribution in [0, 0.1) is 5.82 Å². The van der Waals surface area contributed by atoms with Gasteiger partial charge in [0.25, 0.3) is 5.91 Å². The van der Waals surface area contributed by atoms with E-state index in [1.807, 2.05) is 24.3 Å². The van der Waals surface area contributed by atoms with Gasteiger partial charge in [-0.2, -0.15) is 4.98 Å². The van der Waals surface area contributed by atoms with E-state index in [1.165, 1.54) is 12.1 Å². The van der Waals surface area contributed by atoms with Gasteiger partial charge in [-0.15, -0.1) is 0 Å². The van der Waals surface area contributed by atoms with Crippen LogP contribution in [0.15, 0.2) is 54.6 Å². The number of anilines is 3. The topological polar surface area (TPSA) is 96.2 Å². The van der Waals surface area contributed by atoms with E-state index in [9.17, 15) is 9.18 Å². The van der Waals surface area contributed by atoms with Crippen molar-refractivity contribution >= 4 is 23.4 Å². The molecule has 4 N–H and O–H groups in total. The van der Waals surface area contributed by atoms with E-state index < -0.39 is 5.82 Å². The van der Waals surface area contributed by atoms with Gasteiger partial charge in [-0.25, -0.2) is 9.37 Å². The molecule has 160 valence electrons. The number of benzene rings is 2. The first kappa shape index (κ1) is 20.6. The van der Waals surface area contributed by atoms with Crippen LogP contribution in [0.2, 0.25) is 0 Å². The third-order valence-corrected chi connectivity index (χ3v) is 5.35. The molecule has 3 aromatic rings. The average molecular weight is 420 g/mol. The van der Waals surface area contributed by atoms with Crippen molar-refractivity contribution in [3.05, 3.63) is 66.0 Å². The fourth-order valence-corrected chi connectivity index (χ4v) is 3.70. The first-order valence-electron chi connectivity index (χ1n) is 10.3. The second-order valence-electron chi connectivity index (χ2n) is 7.55. The molecule has 31 heavy (non-hydrogen) atoms. The molecule has 0 aliphatic carbocycles. The molecule has 4 rings (SSSR count). The summed E-state index contributed by atoms with van der Waals surface area (Å²) in [5.74, 6) is 0.611. The molecule has 1 atom stereocenters. The molecule has 1 aliphatic rings. The molecular formula is C23H25FN6O. The van der Waals surface area contributed by atoms with E-state index in [4.69, 9.17) is 5.73 Å². The minimum absolute atomic E-state index is 0.00637. The molecule has 1 aliphatic heterocycles. The molecule has 1 amide bonds. The Hall–Kier alpha value is -3.68. The quantitative estimate of drug-likeness (QED) is 0.548. The van der Waals surface area contributed by atoms with Crippen molar-refractivity contribution in [2.24, 2.45) is 0 Å². The van der Waals surface area contributed by atoms with Crippen LogP contribution < -0.4 is 21.3 Å². The van der Waals surface area contributed by atoms with Crippen LogP contribution in [0.1, 0.15) is 23.2 Å². The van der Waals surface area contributed by atoms with Crippen LogP contribution in [0.5, 0.6) is 0 Å². The second-order valence-corrected chi connectivity index (χ2v) is 7.55. The van der Waals surface area contributed by atoms with Crippen molar-refractivity contribution < 1.29 is 9.18 Å². The number of rotatable bonds is 5. The lowest BCUT2D eigenvalue weighted by molar-refractivity contribution is 0.0933. The van der Waals surface area contributed by atoms with Crippen LogP contribution in [-0.4, -0.2) is 42.1 Å². The number of carbonyl (C=O) groups excluding carboxylic acids is 1. The number of nitrogens with two attached hydrogens (primary N) is 1. The van der Waals surface area contributed by atoms with E-state index in [0.29, 0.717) is 29.3 Å². The SMILES string of the molecule is CNc1nc(-c2ccc(N)c(F)c2)cc(N2CCC[C@@H](NC(=O)c3ccccc3)C2)n1. The van der Waals surface area contributed by atoms with Crippen molar-refractivity contribution in [3.63, 3.8) is 0 Å². The first-order valence-corrected chi connectivity index (χ1v) is 10.3. The Morgan fingerprint density at radius 1 is 1.16 bits per heavy atom. The molecule has 2 heterocycles. The van der Waals surface area contributed by atoms with E-state index in [1.54, 1.807) is 25.2 Å². The van der Waals surface area contributed by atoms with E-state index >= 15 is 0 Å². The fourth-order valence-electron chi connectivity index (χ4n) is 3.70. The summed E-state index contributed by atoms with van der Waals surface area (Å²) in [6.45, 7) is 1.45. The predicted octanol–water partition coefficient (Wildman–Crippen LogP) is 3.31. The van der Waals surface area contributed by atoms with Gasteiger partial charge in [-0.3, -0.25) is 4.79 Å². The van der Waals surface area contributed by atoms with E-state index in [2.05, 4.69) is 25.5 Å². The highest BCUT2D eigenvalue weighted by atomic mass is 19.1. The van der Waals surface area contributed by atoms with Gasteiger partial charge in [0.2, 0.25) is 5.95 Å². The largest absolute Gasteiger partial charge is 0.396 e. The van der Waals surface area contributed by atoms with Gasteiger partial charge in [0.05, 0.1) is 11.4 Å². The minimum Gasteiger partial charge on any atom is -0.396 e. The van der Waals surface area contributed by atoms with Crippen LogP contribution >= 0.6 is 0 Å². The first-order chi connectivity index (χ1) is 15.0. The van der Waals surface area contributed by atoms with Gasteiger partial charge in [-0.1, -0.05) is 24.3 Å². The predicted molar refractivity (Wildman–Crippen MR) is 121 cm³/mol. The lowest BCUT2D eigenvalue weighted by Gasteiger charge is -2.34. The van der Waals surface area contributed by atoms with Crippen molar-refractivity contribution in [1.29, 1.82) is 0 Å². The zero-order valence-electron chi connectivity index (χ0n) is 17.3. The number of nitrogen functional groups attached to an aromatic ring is 1. The molecule has 0 radical (unpaired) electrons. The summed E-state index contributed by atoms with van der Waals surface area (Å²) in [4.78, 5) is 23.7. The third kappa shape index (κ3) is 4.74. The number of nitrogens with zero attached hydrogens (tertiary/aromatic N) is 3. The maximum atomic E-state index is 14.0. The Bertz CT molecular complexity index is 1070. The summed E-state index contributed by atoms with van der Waals surface area (Å²) in [5.41, 5.74) is 7.57. The summed E-state index contributed by atoms with van der Waals surface area (Å²) < 4.78 is 14.0. The number of aromatic nitrogens is 2. The number of nitrogens with one attached hydrogen (secondary N) is 2. The Morgan fingerprint density at radius 3 is 2.71 bits per heavy atom. The molecule has 0 unspecified atom stereocenters. The highest BCUT2D eigenvalue weighted by molar-refractivity contribution is 5.94. The molecule has 2 aromatic carbocycles. The van der Waals surface area contributed by atoms with Gasteiger partial charge >= 0.3 is 0 Å². The van der Waals surface area contributed by atoms with Gasteiger partial charge in [0, 0.05) is 43.4 Å². The van der Waals surface area contributed by atoms with Crippen LogP contribution in [-0.2, 0) is 0 Å². The molecule has 1 fully saturated rings. The summed E-state index contributed by atoms with van der Waals surface area (Å²) in [6.07, 6.45) is 1.82. The molecule has 0 bridgehead atoms. The smallest absolute Gasteiger partial charge is 0.251 e. The normalized spacial score (nSPS) is 16.1. The monoisotopic (exact) mass is 420 g/mol. The molecule has 0 spiro atoms. The van der Waals surface area contributed by atoms with E-state index in [-0.39, 0.29) is 17.6 Å². The standard InChI is InChI=1S/C23H25FN6O/c1-26-23-28-20(16-9-10-19(25)18(24)12-16)13-21(29-23)30-11-5-8-17(14-30)27-22(31)15-6-3-2-4-7-15/h2-4,6-7,9-10,12-13,17H,5,8,11,14,25H2,1H3,(H,27,31)(H,26,28,29)/t17-/m1/s1. The molecular weight excluding hydrogens is 395 g/mol. The lowest BCUT2D eigenvalue weighted by atomic mass is 10.0.